The summed E-state index contributed by atoms with van der Waals surface area (Å²) >= 11 is 0. The van der Waals surface area contributed by atoms with Crippen molar-refractivity contribution in [1.29, 1.82) is 0 Å². The molecule has 96 valence electrons. The lowest BCUT2D eigenvalue weighted by atomic mass is 9.98. The van der Waals surface area contributed by atoms with E-state index < -0.39 is 11.5 Å². The SMILES string of the molecule is CC1(C)C(=O)NCCN1C(=O)c1ccc(F)nc1. The summed E-state index contributed by atoms with van der Waals surface area (Å²) < 4.78 is 12.7. The summed E-state index contributed by atoms with van der Waals surface area (Å²) in [4.78, 5) is 28.9. The predicted molar refractivity (Wildman–Crippen MR) is 62.3 cm³/mol. The zero-order valence-corrected chi connectivity index (χ0v) is 10.2. The van der Waals surface area contributed by atoms with Gasteiger partial charge in [0.2, 0.25) is 11.9 Å². The van der Waals surface area contributed by atoms with E-state index in [1.54, 1.807) is 13.8 Å². The summed E-state index contributed by atoms with van der Waals surface area (Å²) in [6, 6.07) is 2.50. The Hall–Kier alpha value is -1.98. The van der Waals surface area contributed by atoms with E-state index >= 15 is 0 Å². The van der Waals surface area contributed by atoms with E-state index in [1.165, 1.54) is 17.2 Å². The molecule has 0 spiro atoms. The maximum atomic E-state index is 12.7. The van der Waals surface area contributed by atoms with Gasteiger partial charge in [-0.1, -0.05) is 0 Å². The quantitative estimate of drug-likeness (QED) is 0.742. The smallest absolute Gasteiger partial charge is 0.256 e. The fourth-order valence-corrected chi connectivity index (χ4v) is 1.91. The Morgan fingerprint density at radius 1 is 1.50 bits per heavy atom. The number of carbonyl (C=O) groups is 2. The second kappa shape index (κ2) is 4.36. The van der Waals surface area contributed by atoms with Crippen LogP contribution in [0.4, 0.5) is 4.39 Å². The molecular formula is C12H14FN3O2. The Bertz CT molecular complexity index is 485. The molecule has 1 aliphatic rings. The normalized spacial score (nSPS) is 18.4. The Kier molecular flexibility index (Phi) is 3.02. The van der Waals surface area contributed by atoms with E-state index in [1.807, 2.05) is 0 Å². The first-order valence-electron chi connectivity index (χ1n) is 5.65. The molecular weight excluding hydrogens is 237 g/mol. The van der Waals surface area contributed by atoms with E-state index in [4.69, 9.17) is 0 Å². The van der Waals surface area contributed by atoms with Gasteiger partial charge in [-0.2, -0.15) is 4.39 Å². The molecule has 6 heteroatoms. The minimum absolute atomic E-state index is 0.197. The third kappa shape index (κ3) is 2.05. The van der Waals surface area contributed by atoms with Crippen molar-refractivity contribution < 1.29 is 14.0 Å². The molecule has 1 aromatic rings. The molecule has 0 aromatic carbocycles. The van der Waals surface area contributed by atoms with Gasteiger partial charge in [-0.15, -0.1) is 0 Å². The second-order valence-electron chi connectivity index (χ2n) is 4.64. The highest BCUT2D eigenvalue weighted by atomic mass is 19.1. The summed E-state index contributed by atoms with van der Waals surface area (Å²) in [5, 5.41) is 2.71. The van der Waals surface area contributed by atoms with Crippen LogP contribution in [0, 0.1) is 5.95 Å². The van der Waals surface area contributed by atoms with Gasteiger partial charge in [0.25, 0.3) is 5.91 Å². The molecule has 1 aliphatic heterocycles. The van der Waals surface area contributed by atoms with Crippen LogP contribution in [0.3, 0.4) is 0 Å². The number of carbonyl (C=O) groups excluding carboxylic acids is 2. The number of nitrogens with zero attached hydrogens (tertiary/aromatic N) is 2. The van der Waals surface area contributed by atoms with Gasteiger partial charge >= 0.3 is 0 Å². The maximum absolute atomic E-state index is 12.7. The molecule has 0 radical (unpaired) electrons. The number of hydrogen-bond acceptors (Lipinski definition) is 3. The van der Waals surface area contributed by atoms with Crippen LogP contribution in [0.1, 0.15) is 24.2 Å². The van der Waals surface area contributed by atoms with Gasteiger partial charge in [0, 0.05) is 19.3 Å². The molecule has 0 aliphatic carbocycles. The Labute approximate surface area is 104 Å². The van der Waals surface area contributed by atoms with Gasteiger partial charge in [0.1, 0.15) is 5.54 Å². The molecule has 2 amide bonds. The topological polar surface area (TPSA) is 62.3 Å². The lowest BCUT2D eigenvalue weighted by Gasteiger charge is -2.41. The summed E-state index contributed by atoms with van der Waals surface area (Å²) in [5.74, 6) is -1.15. The van der Waals surface area contributed by atoms with Crippen molar-refractivity contribution in [2.75, 3.05) is 13.1 Å². The molecule has 1 fully saturated rings. The maximum Gasteiger partial charge on any atom is 0.256 e. The van der Waals surface area contributed by atoms with Gasteiger partial charge in [-0.05, 0) is 26.0 Å². The molecule has 5 nitrogen and oxygen atoms in total. The molecule has 0 atom stereocenters. The number of aromatic nitrogens is 1. The van der Waals surface area contributed by atoms with Gasteiger partial charge in [-0.3, -0.25) is 9.59 Å². The number of rotatable bonds is 1. The monoisotopic (exact) mass is 251 g/mol. The molecule has 2 heterocycles. The van der Waals surface area contributed by atoms with E-state index in [2.05, 4.69) is 10.3 Å². The van der Waals surface area contributed by atoms with Crippen LogP contribution >= 0.6 is 0 Å². The minimum Gasteiger partial charge on any atom is -0.352 e. The van der Waals surface area contributed by atoms with Crippen molar-refractivity contribution in [2.45, 2.75) is 19.4 Å². The highest BCUT2D eigenvalue weighted by molar-refractivity contribution is 5.99. The van der Waals surface area contributed by atoms with Gasteiger partial charge < -0.3 is 10.2 Å². The van der Waals surface area contributed by atoms with Crippen molar-refractivity contribution in [2.24, 2.45) is 0 Å². The number of hydrogen-bond donors (Lipinski definition) is 1. The van der Waals surface area contributed by atoms with E-state index in [0.29, 0.717) is 13.1 Å². The Morgan fingerprint density at radius 2 is 2.22 bits per heavy atom. The zero-order chi connectivity index (χ0) is 13.3. The van der Waals surface area contributed by atoms with E-state index in [9.17, 15) is 14.0 Å². The van der Waals surface area contributed by atoms with Crippen LogP contribution in [0.15, 0.2) is 18.3 Å². The van der Waals surface area contributed by atoms with Crippen molar-refractivity contribution in [1.82, 2.24) is 15.2 Å². The van der Waals surface area contributed by atoms with Crippen LogP contribution in [0.2, 0.25) is 0 Å². The molecule has 1 saturated heterocycles. The minimum atomic E-state index is -0.913. The van der Waals surface area contributed by atoms with Crippen LogP contribution in [-0.2, 0) is 4.79 Å². The third-order valence-electron chi connectivity index (χ3n) is 3.07. The molecule has 0 bridgehead atoms. The molecule has 0 unspecified atom stereocenters. The lowest BCUT2D eigenvalue weighted by molar-refractivity contribution is -0.133. The molecule has 18 heavy (non-hydrogen) atoms. The van der Waals surface area contributed by atoms with Crippen molar-refractivity contribution in [3.8, 4) is 0 Å². The van der Waals surface area contributed by atoms with Gasteiger partial charge in [0.15, 0.2) is 0 Å². The predicted octanol–water partition coefficient (Wildman–Crippen LogP) is 0.571. The van der Waals surface area contributed by atoms with Crippen LogP contribution < -0.4 is 5.32 Å². The highest BCUT2D eigenvalue weighted by Crippen LogP contribution is 2.20. The summed E-state index contributed by atoms with van der Waals surface area (Å²) in [7, 11) is 0. The van der Waals surface area contributed by atoms with E-state index in [0.717, 1.165) is 6.07 Å². The molecule has 2 rings (SSSR count). The summed E-state index contributed by atoms with van der Waals surface area (Å²) in [6.45, 7) is 4.20. The Morgan fingerprint density at radius 3 is 2.83 bits per heavy atom. The van der Waals surface area contributed by atoms with Crippen molar-refractivity contribution in [3.05, 3.63) is 29.8 Å². The fraction of sp³-hybridized carbons (Fsp3) is 0.417. The number of nitrogens with one attached hydrogen (secondary N) is 1. The average Bonchev–Trinajstić information content (AvgIpc) is 2.33. The largest absolute Gasteiger partial charge is 0.352 e. The van der Waals surface area contributed by atoms with Crippen molar-refractivity contribution in [3.63, 3.8) is 0 Å². The van der Waals surface area contributed by atoms with Gasteiger partial charge in [-0.25, -0.2) is 4.98 Å². The fourth-order valence-electron chi connectivity index (χ4n) is 1.91. The first-order chi connectivity index (χ1) is 8.43. The van der Waals surface area contributed by atoms with Crippen molar-refractivity contribution >= 4 is 11.8 Å². The summed E-state index contributed by atoms with van der Waals surface area (Å²) in [6.07, 6.45) is 1.18. The third-order valence-corrected chi connectivity index (χ3v) is 3.07. The van der Waals surface area contributed by atoms with E-state index in [-0.39, 0.29) is 17.4 Å². The van der Waals surface area contributed by atoms with Crippen LogP contribution in [0.5, 0.6) is 0 Å². The molecule has 1 N–H and O–H groups in total. The summed E-state index contributed by atoms with van der Waals surface area (Å²) in [5.41, 5.74) is -0.636. The van der Waals surface area contributed by atoms with Gasteiger partial charge in [0.05, 0.1) is 5.56 Å². The van der Waals surface area contributed by atoms with Crippen LogP contribution in [-0.4, -0.2) is 40.3 Å². The lowest BCUT2D eigenvalue weighted by Crippen LogP contribution is -2.63. The zero-order valence-electron chi connectivity index (χ0n) is 10.2. The molecule has 1 aromatic heterocycles. The number of pyridine rings is 1. The molecule has 0 saturated carbocycles. The number of piperazine rings is 1. The number of halogens is 1. The second-order valence-corrected chi connectivity index (χ2v) is 4.64. The highest BCUT2D eigenvalue weighted by Gasteiger charge is 2.40. The first kappa shape index (κ1) is 12.5. The Balaban J connectivity index is 2.28. The standard InChI is InChI=1S/C12H14FN3O2/c1-12(2)11(18)14-5-6-16(12)10(17)8-3-4-9(13)15-7-8/h3-4,7H,5-6H2,1-2H3,(H,14,18). The first-order valence-corrected chi connectivity index (χ1v) is 5.65. The average molecular weight is 251 g/mol. The number of amides is 2. The van der Waals surface area contributed by atoms with Crippen LogP contribution in [0.25, 0.3) is 0 Å².